The zero-order chi connectivity index (χ0) is 13.1. The maximum atomic E-state index is 13.9. The highest BCUT2D eigenvalue weighted by atomic mass is 35.5. The number of aromatic nitrogens is 1. The van der Waals surface area contributed by atoms with E-state index in [0.29, 0.717) is 28.5 Å². The fourth-order valence-electron chi connectivity index (χ4n) is 1.58. The average molecular weight is 267 g/mol. The van der Waals surface area contributed by atoms with Gasteiger partial charge in [-0.1, -0.05) is 11.6 Å². The molecule has 0 saturated carbocycles. The molecule has 18 heavy (non-hydrogen) atoms. The van der Waals surface area contributed by atoms with Crippen LogP contribution in [-0.2, 0) is 0 Å². The van der Waals surface area contributed by atoms with E-state index in [1.807, 2.05) is 6.92 Å². The lowest BCUT2D eigenvalue weighted by atomic mass is 10.1. The number of pyridine rings is 1. The van der Waals surface area contributed by atoms with Gasteiger partial charge in [0, 0.05) is 23.4 Å². The van der Waals surface area contributed by atoms with Crippen LogP contribution in [0.3, 0.4) is 0 Å². The van der Waals surface area contributed by atoms with E-state index in [1.165, 1.54) is 12.3 Å². The molecule has 2 N–H and O–H groups in total. The second-order valence-corrected chi connectivity index (χ2v) is 4.07. The lowest BCUT2D eigenvalue weighted by Crippen LogP contribution is -1.95. The number of nitrogen functional groups attached to an aromatic ring is 1. The van der Waals surface area contributed by atoms with Crippen molar-refractivity contribution in [2.24, 2.45) is 0 Å². The van der Waals surface area contributed by atoms with E-state index in [4.69, 9.17) is 22.1 Å². The van der Waals surface area contributed by atoms with Crippen molar-refractivity contribution in [1.29, 1.82) is 0 Å². The summed E-state index contributed by atoms with van der Waals surface area (Å²) in [6, 6.07) is 6.25. The summed E-state index contributed by atoms with van der Waals surface area (Å²) in [4.78, 5) is 3.90. The molecule has 94 valence electrons. The second-order valence-electron chi connectivity index (χ2n) is 3.67. The van der Waals surface area contributed by atoms with Crippen LogP contribution in [0.25, 0.3) is 11.1 Å². The SMILES string of the molecule is CCOc1ccc(-c2cnc(N)c(Cl)c2)c(F)c1. The Labute approximate surface area is 109 Å². The van der Waals surface area contributed by atoms with E-state index in [1.54, 1.807) is 18.2 Å². The Hall–Kier alpha value is -1.81. The van der Waals surface area contributed by atoms with Crippen LogP contribution in [0.4, 0.5) is 10.2 Å². The smallest absolute Gasteiger partial charge is 0.142 e. The molecule has 0 atom stereocenters. The number of halogens is 2. The summed E-state index contributed by atoms with van der Waals surface area (Å²) in [6.45, 7) is 2.34. The van der Waals surface area contributed by atoms with Gasteiger partial charge in [0.1, 0.15) is 17.4 Å². The van der Waals surface area contributed by atoms with Crippen LogP contribution in [0.2, 0.25) is 5.02 Å². The van der Waals surface area contributed by atoms with Gasteiger partial charge in [0.2, 0.25) is 0 Å². The van der Waals surface area contributed by atoms with Crippen LogP contribution in [0.1, 0.15) is 6.92 Å². The van der Waals surface area contributed by atoms with Gasteiger partial charge in [-0.05, 0) is 25.1 Å². The van der Waals surface area contributed by atoms with Gasteiger partial charge < -0.3 is 10.5 Å². The maximum Gasteiger partial charge on any atom is 0.142 e. The zero-order valence-electron chi connectivity index (χ0n) is 9.78. The molecule has 0 amide bonds. The van der Waals surface area contributed by atoms with E-state index >= 15 is 0 Å². The molecule has 0 aliphatic carbocycles. The van der Waals surface area contributed by atoms with Crippen molar-refractivity contribution >= 4 is 17.4 Å². The zero-order valence-corrected chi connectivity index (χ0v) is 10.5. The fraction of sp³-hybridized carbons (Fsp3) is 0.154. The Morgan fingerprint density at radius 2 is 2.17 bits per heavy atom. The third kappa shape index (κ3) is 2.54. The van der Waals surface area contributed by atoms with Gasteiger partial charge in [-0.3, -0.25) is 0 Å². The predicted octanol–water partition coefficient (Wildman–Crippen LogP) is 3.52. The Morgan fingerprint density at radius 1 is 1.39 bits per heavy atom. The van der Waals surface area contributed by atoms with Gasteiger partial charge in [0.05, 0.1) is 11.6 Å². The van der Waals surface area contributed by atoms with Crippen molar-refractivity contribution in [3.05, 3.63) is 41.3 Å². The van der Waals surface area contributed by atoms with Gasteiger partial charge in [-0.15, -0.1) is 0 Å². The number of hydrogen-bond acceptors (Lipinski definition) is 3. The minimum absolute atomic E-state index is 0.228. The Morgan fingerprint density at radius 3 is 2.78 bits per heavy atom. The van der Waals surface area contributed by atoms with Crippen molar-refractivity contribution in [2.75, 3.05) is 12.3 Å². The van der Waals surface area contributed by atoms with E-state index in [-0.39, 0.29) is 11.6 Å². The highest BCUT2D eigenvalue weighted by Crippen LogP contribution is 2.29. The van der Waals surface area contributed by atoms with Crippen LogP contribution in [0, 0.1) is 5.82 Å². The number of hydrogen-bond donors (Lipinski definition) is 1. The Kier molecular flexibility index (Phi) is 3.67. The van der Waals surface area contributed by atoms with Gasteiger partial charge in [0.15, 0.2) is 0 Å². The minimum Gasteiger partial charge on any atom is -0.494 e. The molecular weight excluding hydrogens is 255 g/mol. The van der Waals surface area contributed by atoms with Gasteiger partial charge in [-0.2, -0.15) is 0 Å². The molecule has 0 bridgehead atoms. The first-order chi connectivity index (χ1) is 8.61. The van der Waals surface area contributed by atoms with Gasteiger partial charge in [-0.25, -0.2) is 9.37 Å². The largest absolute Gasteiger partial charge is 0.494 e. The third-order valence-electron chi connectivity index (χ3n) is 2.43. The number of benzene rings is 1. The summed E-state index contributed by atoms with van der Waals surface area (Å²) in [5.74, 6) is 0.337. The third-order valence-corrected chi connectivity index (χ3v) is 2.73. The van der Waals surface area contributed by atoms with Crippen LogP contribution in [0.5, 0.6) is 5.75 Å². The topological polar surface area (TPSA) is 48.1 Å². The van der Waals surface area contributed by atoms with Crippen molar-refractivity contribution in [3.63, 3.8) is 0 Å². The van der Waals surface area contributed by atoms with Crippen LogP contribution in [0.15, 0.2) is 30.5 Å². The molecule has 1 aromatic carbocycles. The fourth-order valence-corrected chi connectivity index (χ4v) is 1.75. The van der Waals surface area contributed by atoms with E-state index < -0.39 is 0 Å². The normalized spacial score (nSPS) is 10.4. The molecule has 2 aromatic rings. The lowest BCUT2D eigenvalue weighted by Gasteiger charge is -2.07. The minimum atomic E-state index is -0.386. The summed E-state index contributed by atoms with van der Waals surface area (Å²) in [5, 5.41) is 0.306. The molecule has 0 aliphatic heterocycles. The number of anilines is 1. The second kappa shape index (κ2) is 5.23. The first kappa shape index (κ1) is 12.6. The van der Waals surface area contributed by atoms with E-state index in [2.05, 4.69) is 4.98 Å². The summed E-state index contributed by atoms with van der Waals surface area (Å²) in [7, 11) is 0. The summed E-state index contributed by atoms with van der Waals surface area (Å²) in [6.07, 6.45) is 1.49. The Bertz CT molecular complexity index is 575. The summed E-state index contributed by atoms with van der Waals surface area (Å²) >= 11 is 5.86. The van der Waals surface area contributed by atoms with Crippen LogP contribution in [-0.4, -0.2) is 11.6 Å². The highest BCUT2D eigenvalue weighted by Gasteiger charge is 2.09. The number of nitrogens with zero attached hydrogens (tertiary/aromatic N) is 1. The monoisotopic (exact) mass is 266 g/mol. The maximum absolute atomic E-state index is 13.9. The molecule has 2 rings (SSSR count). The number of rotatable bonds is 3. The molecule has 0 spiro atoms. The molecule has 1 heterocycles. The quantitative estimate of drug-likeness (QED) is 0.925. The molecule has 0 saturated heterocycles. The van der Waals surface area contributed by atoms with Crippen molar-refractivity contribution in [2.45, 2.75) is 6.92 Å². The van der Waals surface area contributed by atoms with Gasteiger partial charge in [0.25, 0.3) is 0 Å². The molecule has 1 aromatic heterocycles. The molecule has 0 radical (unpaired) electrons. The van der Waals surface area contributed by atoms with Crippen molar-refractivity contribution < 1.29 is 9.13 Å². The van der Waals surface area contributed by atoms with Gasteiger partial charge >= 0.3 is 0 Å². The van der Waals surface area contributed by atoms with Crippen LogP contribution >= 0.6 is 11.6 Å². The summed E-state index contributed by atoms with van der Waals surface area (Å²) < 4.78 is 19.1. The Balaban J connectivity index is 2.41. The standard InChI is InChI=1S/C13H12ClFN2O/c1-2-18-9-3-4-10(12(15)6-9)8-5-11(14)13(16)17-7-8/h3-7H,2H2,1H3,(H2,16,17). The van der Waals surface area contributed by atoms with E-state index in [9.17, 15) is 4.39 Å². The molecule has 0 unspecified atom stereocenters. The van der Waals surface area contributed by atoms with E-state index in [0.717, 1.165) is 0 Å². The van der Waals surface area contributed by atoms with Crippen LogP contribution < -0.4 is 10.5 Å². The molecule has 0 fully saturated rings. The molecule has 5 heteroatoms. The molecule has 0 aliphatic rings. The van der Waals surface area contributed by atoms with Crippen molar-refractivity contribution in [1.82, 2.24) is 4.98 Å². The lowest BCUT2D eigenvalue weighted by molar-refractivity contribution is 0.338. The molecule has 3 nitrogen and oxygen atoms in total. The average Bonchev–Trinajstić information content (AvgIpc) is 2.34. The van der Waals surface area contributed by atoms with Crippen molar-refractivity contribution in [3.8, 4) is 16.9 Å². The first-order valence-electron chi connectivity index (χ1n) is 5.45. The number of ether oxygens (including phenoxy) is 1. The summed E-state index contributed by atoms with van der Waals surface area (Å²) in [5.41, 5.74) is 6.50. The first-order valence-corrected chi connectivity index (χ1v) is 5.83. The highest BCUT2D eigenvalue weighted by molar-refractivity contribution is 6.33. The predicted molar refractivity (Wildman–Crippen MR) is 70.2 cm³/mol. The number of nitrogens with two attached hydrogens (primary N) is 1. The molecular formula is C13H12ClFN2O.